The molecule has 1 aromatic carbocycles. The molecule has 0 radical (unpaired) electrons. The molecule has 1 unspecified atom stereocenters. The third kappa shape index (κ3) is 3.36. The van der Waals surface area contributed by atoms with E-state index in [0.29, 0.717) is 29.2 Å². The Morgan fingerprint density at radius 2 is 2.08 bits per heavy atom. The summed E-state index contributed by atoms with van der Waals surface area (Å²) < 4.78 is 32.3. The van der Waals surface area contributed by atoms with Crippen molar-refractivity contribution in [1.82, 2.24) is 9.46 Å². The quantitative estimate of drug-likeness (QED) is 0.855. The van der Waals surface area contributed by atoms with Gasteiger partial charge in [0.1, 0.15) is 16.6 Å². The van der Waals surface area contributed by atoms with Crippen LogP contribution in [0.3, 0.4) is 0 Å². The minimum absolute atomic E-state index is 0.0415. The molecular formula is C17H20ClN3O4S. The van der Waals surface area contributed by atoms with Crippen molar-refractivity contribution < 1.29 is 17.7 Å². The second-order valence-corrected chi connectivity index (χ2v) is 8.64. The maximum Gasteiger partial charge on any atom is 0.249 e. The lowest BCUT2D eigenvalue weighted by Gasteiger charge is -2.23. The molecule has 140 valence electrons. The molecule has 1 atom stereocenters. The number of aryl methyl sites for hydroxylation is 3. The maximum atomic E-state index is 13.0. The number of sulfonamides is 1. The molecule has 1 amide bonds. The minimum atomic E-state index is -3.86. The van der Waals surface area contributed by atoms with E-state index in [0.717, 1.165) is 5.56 Å². The van der Waals surface area contributed by atoms with Crippen LogP contribution >= 0.6 is 11.6 Å². The standard InChI is InChI=1S/C17H20ClN3O4S/c1-10-9-13(18)6-7-14(10)19-17(22)15-5-4-8-21(15)26(23,24)16-11(2)20-25-12(16)3/h6-7,9,15H,4-5,8H2,1-3H3,(H,19,22). The molecule has 3 rings (SSSR count). The summed E-state index contributed by atoms with van der Waals surface area (Å²) in [6.45, 7) is 5.24. The number of aromatic nitrogens is 1. The van der Waals surface area contributed by atoms with Gasteiger partial charge in [-0.15, -0.1) is 0 Å². The summed E-state index contributed by atoms with van der Waals surface area (Å²) >= 11 is 5.94. The van der Waals surface area contributed by atoms with Crippen LogP contribution in [-0.4, -0.2) is 36.4 Å². The molecule has 1 fully saturated rings. The predicted molar refractivity (Wildman–Crippen MR) is 97.7 cm³/mol. The number of amides is 1. The van der Waals surface area contributed by atoms with Gasteiger partial charge in [-0.25, -0.2) is 8.42 Å². The second-order valence-electron chi connectivity index (χ2n) is 6.38. The zero-order valence-electron chi connectivity index (χ0n) is 14.7. The molecule has 9 heteroatoms. The molecule has 1 N–H and O–H groups in total. The van der Waals surface area contributed by atoms with Gasteiger partial charge in [-0.3, -0.25) is 4.79 Å². The Kier molecular flexibility index (Phi) is 5.09. The number of benzene rings is 1. The van der Waals surface area contributed by atoms with Crippen LogP contribution in [0.5, 0.6) is 0 Å². The van der Waals surface area contributed by atoms with E-state index in [1.54, 1.807) is 32.0 Å². The van der Waals surface area contributed by atoms with E-state index in [4.69, 9.17) is 16.1 Å². The van der Waals surface area contributed by atoms with E-state index in [2.05, 4.69) is 10.5 Å². The number of nitrogens with one attached hydrogen (secondary N) is 1. The van der Waals surface area contributed by atoms with Crippen molar-refractivity contribution in [3.8, 4) is 0 Å². The second kappa shape index (κ2) is 7.02. The third-order valence-electron chi connectivity index (χ3n) is 4.49. The molecule has 1 aliphatic rings. The van der Waals surface area contributed by atoms with Gasteiger partial charge in [-0.1, -0.05) is 16.8 Å². The van der Waals surface area contributed by atoms with Crippen LogP contribution in [0.4, 0.5) is 5.69 Å². The molecule has 0 saturated carbocycles. The van der Waals surface area contributed by atoms with Crippen LogP contribution in [0.2, 0.25) is 5.02 Å². The van der Waals surface area contributed by atoms with Crippen molar-refractivity contribution in [3.63, 3.8) is 0 Å². The highest BCUT2D eigenvalue weighted by Crippen LogP contribution is 2.30. The van der Waals surface area contributed by atoms with Crippen LogP contribution < -0.4 is 5.32 Å². The van der Waals surface area contributed by atoms with Crippen molar-refractivity contribution in [2.75, 3.05) is 11.9 Å². The van der Waals surface area contributed by atoms with E-state index >= 15 is 0 Å². The van der Waals surface area contributed by atoms with Gasteiger partial charge in [0.15, 0.2) is 5.76 Å². The van der Waals surface area contributed by atoms with Gasteiger partial charge < -0.3 is 9.84 Å². The molecule has 1 aliphatic heterocycles. The number of carbonyl (C=O) groups is 1. The first-order chi connectivity index (χ1) is 12.2. The molecule has 0 aliphatic carbocycles. The van der Waals surface area contributed by atoms with Crippen LogP contribution in [0.1, 0.15) is 29.9 Å². The Morgan fingerprint density at radius 1 is 1.35 bits per heavy atom. The highest BCUT2D eigenvalue weighted by molar-refractivity contribution is 7.89. The number of halogens is 1. The molecule has 2 aromatic rings. The maximum absolute atomic E-state index is 13.0. The summed E-state index contributed by atoms with van der Waals surface area (Å²) in [4.78, 5) is 12.8. The van der Waals surface area contributed by atoms with E-state index in [1.807, 2.05) is 6.92 Å². The lowest BCUT2D eigenvalue weighted by Crippen LogP contribution is -2.43. The largest absolute Gasteiger partial charge is 0.360 e. The van der Waals surface area contributed by atoms with Gasteiger partial charge in [0, 0.05) is 17.3 Å². The summed E-state index contributed by atoms with van der Waals surface area (Å²) in [6, 6.07) is 4.35. The molecule has 1 aromatic heterocycles. The Bertz CT molecular complexity index is 935. The van der Waals surface area contributed by atoms with Gasteiger partial charge in [-0.2, -0.15) is 4.31 Å². The zero-order chi connectivity index (χ0) is 19.1. The number of hydrogen-bond acceptors (Lipinski definition) is 5. The average molecular weight is 398 g/mol. The fraction of sp³-hybridized carbons (Fsp3) is 0.412. The number of hydrogen-bond donors (Lipinski definition) is 1. The summed E-state index contributed by atoms with van der Waals surface area (Å²) in [5, 5.41) is 7.10. The number of anilines is 1. The number of carbonyl (C=O) groups excluding carboxylic acids is 1. The summed E-state index contributed by atoms with van der Waals surface area (Å²) in [6.07, 6.45) is 1.07. The van der Waals surface area contributed by atoms with Crippen molar-refractivity contribution in [1.29, 1.82) is 0 Å². The fourth-order valence-corrected chi connectivity index (χ4v) is 5.41. The summed E-state index contributed by atoms with van der Waals surface area (Å²) in [7, 11) is -3.86. The van der Waals surface area contributed by atoms with E-state index in [1.165, 1.54) is 4.31 Å². The topological polar surface area (TPSA) is 92.5 Å². The van der Waals surface area contributed by atoms with E-state index < -0.39 is 16.1 Å². The number of rotatable bonds is 4. The molecule has 2 heterocycles. The molecule has 26 heavy (non-hydrogen) atoms. The minimum Gasteiger partial charge on any atom is -0.360 e. The lowest BCUT2D eigenvalue weighted by molar-refractivity contribution is -0.119. The Labute approximate surface area is 157 Å². The normalized spacial score (nSPS) is 18.2. The first-order valence-electron chi connectivity index (χ1n) is 8.23. The van der Waals surface area contributed by atoms with Crippen molar-refractivity contribution in [3.05, 3.63) is 40.2 Å². The van der Waals surface area contributed by atoms with Gasteiger partial charge in [0.05, 0.1) is 0 Å². The molecule has 0 bridgehead atoms. The fourth-order valence-electron chi connectivity index (χ4n) is 3.23. The first kappa shape index (κ1) is 18.9. The van der Waals surface area contributed by atoms with E-state index in [-0.39, 0.29) is 23.1 Å². The van der Waals surface area contributed by atoms with Crippen LogP contribution in [0.15, 0.2) is 27.6 Å². The zero-order valence-corrected chi connectivity index (χ0v) is 16.3. The Balaban J connectivity index is 1.87. The smallest absolute Gasteiger partial charge is 0.249 e. The van der Waals surface area contributed by atoms with Crippen molar-refractivity contribution in [2.24, 2.45) is 0 Å². The summed E-state index contributed by atoms with van der Waals surface area (Å²) in [5.74, 6) is -0.134. The Hall–Kier alpha value is -1.90. The van der Waals surface area contributed by atoms with Crippen molar-refractivity contribution >= 4 is 33.2 Å². The highest BCUT2D eigenvalue weighted by atomic mass is 35.5. The van der Waals surface area contributed by atoms with Gasteiger partial charge in [0.2, 0.25) is 15.9 Å². The predicted octanol–water partition coefficient (Wildman–Crippen LogP) is 3.05. The number of nitrogens with zero attached hydrogens (tertiary/aromatic N) is 2. The van der Waals surface area contributed by atoms with Gasteiger partial charge >= 0.3 is 0 Å². The SMILES string of the molecule is Cc1cc(Cl)ccc1NC(=O)C1CCCN1S(=O)(=O)c1c(C)noc1C. The molecule has 7 nitrogen and oxygen atoms in total. The molecule has 1 saturated heterocycles. The van der Waals surface area contributed by atoms with Gasteiger partial charge in [0.25, 0.3) is 0 Å². The van der Waals surface area contributed by atoms with Crippen LogP contribution in [0, 0.1) is 20.8 Å². The summed E-state index contributed by atoms with van der Waals surface area (Å²) in [5.41, 5.74) is 1.71. The lowest BCUT2D eigenvalue weighted by atomic mass is 10.1. The Morgan fingerprint density at radius 3 is 2.69 bits per heavy atom. The third-order valence-corrected chi connectivity index (χ3v) is 6.88. The van der Waals surface area contributed by atoms with Crippen LogP contribution in [-0.2, 0) is 14.8 Å². The van der Waals surface area contributed by atoms with Crippen LogP contribution in [0.25, 0.3) is 0 Å². The van der Waals surface area contributed by atoms with Crippen molar-refractivity contribution in [2.45, 2.75) is 44.6 Å². The monoisotopic (exact) mass is 397 g/mol. The molecule has 0 spiro atoms. The highest BCUT2D eigenvalue weighted by Gasteiger charge is 2.41. The molecular weight excluding hydrogens is 378 g/mol. The van der Waals surface area contributed by atoms with Gasteiger partial charge in [-0.05, 0) is 57.4 Å². The van der Waals surface area contributed by atoms with E-state index in [9.17, 15) is 13.2 Å². The first-order valence-corrected chi connectivity index (χ1v) is 10.1. The average Bonchev–Trinajstić information content (AvgIpc) is 3.17.